The fourth-order valence-corrected chi connectivity index (χ4v) is 0.832. The molecule has 0 aromatic carbocycles. The smallest absolute Gasteiger partial charge is 0.0784 e. The highest BCUT2D eigenvalue weighted by molar-refractivity contribution is 4.50. The minimum absolute atomic E-state index is 0. The van der Waals surface area contributed by atoms with E-state index in [1.807, 2.05) is 34.6 Å². The zero-order chi connectivity index (χ0) is 8.85. The molecule has 0 N–H and O–H groups in total. The lowest BCUT2D eigenvalue weighted by Crippen LogP contribution is -2.21. The molecule has 0 rings (SSSR count). The van der Waals surface area contributed by atoms with Crippen LogP contribution in [-0.2, 0) is 9.47 Å². The van der Waals surface area contributed by atoms with Crippen LogP contribution in [0.3, 0.4) is 0 Å². The number of hydrogen-bond acceptors (Lipinski definition) is 2. The summed E-state index contributed by atoms with van der Waals surface area (Å²) in [6, 6.07) is 0. The molecule has 0 radical (unpaired) electrons. The molecule has 0 aliphatic carbocycles. The first-order valence-corrected chi connectivity index (χ1v) is 4.29. The summed E-state index contributed by atoms with van der Waals surface area (Å²) >= 11 is 0. The molecule has 1 unspecified atom stereocenters. The Morgan fingerprint density at radius 2 is 1.42 bits per heavy atom. The predicted molar refractivity (Wildman–Crippen MR) is 53.5 cm³/mol. The van der Waals surface area contributed by atoms with Gasteiger partial charge in [-0.25, -0.2) is 0 Å². The lowest BCUT2D eigenvalue weighted by molar-refractivity contribution is -0.0494. The third-order valence-electron chi connectivity index (χ3n) is 1.17. The molecule has 2 heteroatoms. The van der Waals surface area contributed by atoms with E-state index in [0.29, 0.717) is 18.8 Å². The van der Waals surface area contributed by atoms with Gasteiger partial charge < -0.3 is 9.47 Å². The van der Waals surface area contributed by atoms with Gasteiger partial charge in [-0.15, -0.1) is 0 Å². The van der Waals surface area contributed by atoms with Crippen molar-refractivity contribution >= 4 is 0 Å². The lowest BCUT2D eigenvalue weighted by Gasteiger charge is -2.17. The predicted octanol–water partition coefficient (Wildman–Crippen LogP) is 2.86. The molecule has 0 aromatic heterocycles. The van der Waals surface area contributed by atoms with Crippen molar-refractivity contribution in [3.63, 3.8) is 0 Å². The summed E-state index contributed by atoms with van der Waals surface area (Å²) in [5.74, 6) is 0. The lowest BCUT2D eigenvalue weighted by atomic mass is 10.4. The topological polar surface area (TPSA) is 18.5 Å². The molecular formula is C10H24O2. The Labute approximate surface area is 77.3 Å². The summed E-state index contributed by atoms with van der Waals surface area (Å²) in [6.45, 7) is 10.8. The monoisotopic (exact) mass is 176 g/mol. The average molecular weight is 176 g/mol. The minimum atomic E-state index is 0. The van der Waals surface area contributed by atoms with Crippen LogP contribution in [0.4, 0.5) is 0 Å². The van der Waals surface area contributed by atoms with E-state index >= 15 is 0 Å². The Hall–Kier alpha value is -0.0800. The zero-order valence-corrected chi connectivity index (χ0v) is 8.26. The van der Waals surface area contributed by atoms with Crippen LogP contribution in [-0.4, -0.2) is 24.9 Å². The minimum Gasteiger partial charge on any atom is -0.376 e. The molecule has 0 aliphatic rings. The van der Waals surface area contributed by atoms with Gasteiger partial charge in [0.05, 0.1) is 24.9 Å². The summed E-state index contributed by atoms with van der Waals surface area (Å²) < 4.78 is 10.9. The van der Waals surface area contributed by atoms with Crippen molar-refractivity contribution in [3.05, 3.63) is 0 Å². The normalized spacial score (nSPS) is 13.2. The Bertz CT molecular complexity index is 89.8. The second-order valence-corrected chi connectivity index (χ2v) is 3.38. The van der Waals surface area contributed by atoms with Crippen LogP contribution < -0.4 is 0 Å². The number of rotatable bonds is 5. The maximum absolute atomic E-state index is 5.48. The van der Waals surface area contributed by atoms with E-state index in [9.17, 15) is 0 Å². The van der Waals surface area contributed by atoms with Crippen LogP contribution in [0.1, 0.15) is 42.0 Å². The second kappa shape index (κ2) is 7.56. The van der Waals surface area contributed by atoms with Crippen LogP contribution in [0, 0.1) is 0 Å². The fraction of sp³-hybridized carbons (Fsp3) is 1.00. The van der Waals surface area contributed by atoms with Crippen molar-refractivity contribution in [2.45, 2.75) is 60.4 Å². The summed E-state index contributed by atoms with van der Waals surface area (Å²) in [6.07, 6.45) is 0.798. The molecule has 0 spiro atoms. The van der Waals surface area contributed by atoms with Crippen LogP contribution in [0.25, 0.3) is 0 Å². The molecule has 0 saturated heterocycles. The van der Waals surface area contributed by atoms with Crippen LogP contribution in [0.5, 0.6) is 0 Å². The van der Waals surface area contributed by atoms with Gasteiger partial charge in [-0.1, -0.05) is 7.43 Å². The molecule has 0 bridgehead atoms. The zero-order valence-electron chi connectivity index (χ0n) is 8.26. The van der Waals surface area contributed by atoms with Crippen molar-refractivity contribution < 1.29 is 9.47 Å². The van der Waals surface area contributed by atoms with E-state index in [1.165, 1.54) is 0 Å². The first-order chi connectivity index (χ1) is 5.02. The quantitative estimate of drug-likeness (QED) is 0.641. The summed E-state index contributed by atoms with van der Waals surface area (Å²) in [5.41, 5.74) is 0. The third-order valence-corrected chi connectivity index (χ3v) is 1.17. The molecule has 0 fully saturated rings. The highest BCUT2D eigenvalue weighted by atomic mass is 16.5. The van der Waals surface area contributed by atoms with Crippen molar-refractivity contribution in [2.24, 2.45) is 0 Å². The van der Waals surface area contributed by atoms with Crippen LogP contribution >= 0.6 is 0 Å². The van der Waals surface area contributed by atoms with Gasteiger partial charge in [-0.3, -0.25) is 0 Å². The largest absolute Gasteiger partial charge is 0.376 e. The summed E-state index contributed by atoms with van der Waals surface area (Å²) in [4.78, 5) is 0. The molecule has 0 saturated carbocycles. The van der Waals surface area contributed by atoms with Gasteiger partial charge in [0.15, 0.2) is 0 Å². The van der Waals surface area contributed by atoms with Crippen LogP contribution in [0.15, 0.2) is 0 Å². The van der Waals surface area contributed by atoms with Gasteiger partial charge in [0.2, 0.25) is 0 Å². The van der Waals surface area contributed by atoms with E-state index in [4.69, 9.17) is 9.47 Å². The standard InChI is InChI=1S/C9H20O2.CH4/c1-7(2)10-6-9(5)11-8(3)4;/h7-9H,6H2,1-5H3;1H4. The molecule has 0 heterocycles. The summed E-state index contributed by atoms with van der Waals surface area (Å²) in [5, 5.41) is 0. The van der Waals surface area contributed by atoms with Crippen molar-refractivity contribution in [2.75, 3.05) is 6.61 Å². The molecule has 12 heavy (non-hydrogen) atoms. The van der Waals surface area contributed by atoms with Gasteiger partial charge in [0.1, 0.15) is 0 Å². The SMILES string of the molecule is C.CC(C)OCC(C)OC(C)C. The Morgan fingerprint density at radius 1 is 0.917 bits per heavy atom. The number of ether oxygens (including phenoxy) is 2. The van der Waals surface area contributed by atoms with Gasteiger partial charge in [0.25, 0.3) is 0 Å². The third kappa shape index (κ3) is 9.92. The maximum atomic E-state index is 5.48. The van der Waals surface area contributed by atoms with Gasteiger partial charge in [-0.05, 0) is 34.6 Å². The second-order valence-electron chi connectivity index (χ2n) is 3.38. The van der Waals surface area contributed by atoms with Gasteiger partial charge >= 0.3 is 0 Å². The first kappa shape index (κ1) is 14.4. The average Bonchev–Trinajstić information content (AvgIpc) is 1.82. The van der Waals surface area contributed by atoms with Gasteiger partial charge in [0, 0.05) is 0 Å². The van der Waals surface area contributed by atoms with E-state index in [2.05, 4.69) is 0 Å². The maximum Gasteiger partial charge on any atom is 0.0784 e. The van der Waals surface area contributed by atoms with Crippen molar-refractivity contribution in [1.82, 2.24) is 0 Å². The van der Waals surface area contributed by atoms with Crippen molar-refractivity contribution in [3.8, 4) is 0 Å². The Balaban J connectivity index is 0. The molecule has 0 amide bonds. The Morgan fingerprint density at radius 3 is 1.75 bits per heavy atom. The van der Waals surface area contributed by atoms with Crippen LogP contribution in [0.2, 0.25) is 0 Å². The molecule has 2 nitrogen and oxygen atoms in total. The molecule has 0 aliphatic heterocycles. The van der Waals surface area contributed by atoms with Crippen molar-refractivity contribution in [1.29, 1.82) is 0 Å². The molecule has 1 atom stereocenters. The molecule has 0 aromatic rings. The first-order valence-electron chi connectivity index (χ1n) is 4.29. The summed E-state index contributed by atoms with van der Waals surface area (Å²) in [7, 11) is 0. The van der Waals surface area contributed by atoms with E-state index in [1.54, 1.807) is 0 Å². The van der Waals surface area contributed by atoms with E-state index in [-0.39, 0.29) is 13.5 Å². The highest BCUT2D eigenvalue weighted by Gasteiger charge is 2.05. The molecular weight excluding hydrogens is 152 g/mol. The van der Waals surface area contributed by atoms with E-state index < -0.39 is 0 Å². The Kier molecular flexibility index (Phi) is 9.10. The van der Waals surface area contributed by atoms with Gasteiger partial charge in [-0.2, -0.15) is 0 Å². The van der Waals surface area contributed by atoms with E-state index in [0.717, 1.165) is 0 Å². The fourth-order valence-electron chi connectivity index (χ4n) is 0.832. The highest BCUT2D eigenvalue weighted by Crippen LogP contribution is 1.99. The number of hydrogen-bond donors (Lipinski definition) is 0. The molecule has 76 valence electrons.